The molecular formula is C9H18ClF6N2P. The van der Waals surface area contributed by atoms with Crippen LogP contribution in [0.1, 0.15) is 26.7 Å². The molecule has 0 unspecified atom stereocenters. The Morgan fingerprint density at radius 3 is 1.95 bits per heavy atom. The molecule has 10 heteroatoms. The van der Waals surface area contributed by atoms with Crippen LogP contribution in [0.3, 0.4) is 0 Å². The van der Waals surface area contributed by atoms with Gasteiger partial charge in [0.25, 0.3) is 0 Å². The molecule has 19 heavy (non-hydrogen) atoms. The first-order valence-corrected chi connectivity index (χ1v) is 8.24. The Morgan fingerprint density at radius 1 is 1.11 bits per heavy atom. The Labute approximate surface area is 113 Å². The molecule has 0 amide bonds. The van der Waals surface area contributed by atoms with E-state index in [4.69, 9.17) is 11.6 Å². The van der Waals surface area contributed by atoms with E-state index in [1.54, 1.807) is 0 Å². The first-order valence-electron chi connectivity index (χ1n) is 5.83. The van der Waals surface area contributed by atoms with Crippen molar-refractivity contribution in [3.63, 3.8) is 0 Å². The summed E-state index contributed by atoms with van der Waals surface area (Å²) in [5.41, 5.74) is 0. The van der Waals surface area contributed by atoms with Gasteiger partial charge in [-0.05, 0) is 12.8 Å². The molecule has 0 fully saturated rings. The second kappa shape index (κ2) is 5.64. The molecular weight excluding hydrogens is 317 g/mol. The molecule has 0 saturated carbocycles. The second-order valence-corrected chi connectivity index (χ2v) is 6.46. The van der Waals surface area contributed by atoms with Crippen molar-refractivity contribution in [2.75, 3.05) is 26.2 Å². The monoisotopic (exact) mass is 334 g/mol. The maximum absolute atomic E-state index is 10.7. The van der Waals surface area contributed by atoms with Crippen LogP contribution >= 0.6 is 19.4 Å². The quantitative estimate of drug-likeness (QED) is 0.299. The number of hydrogen-bond acceptors (Lipinski definition) is 1. The number of amidine groups is 1. The van der Waals surface area contributed by atoms with Crippen molar-refractivity contribution in [3.05, 3.63) is 0 Å². The number of nitrogens with zero attached hydrogens (tertiary/aromatic N) is 2. The van der Waals surface area contributed by atoms with Gasteiger partial charge in [-0.25, -0.2) is 9.48 Å². The van der Waals surface area contributed by atoms with Gasteiger partial charge in [0.15, 0.2) is 0 Å². The van der Waals surface area contributed by atoms with E-state index in [2.05, 4.69) is 23.3 Å². The van der Waals surface area contributed by atoms with Crippen molar-refractivity contribution in [2.24, 2.45) is 0 Å². The van der Waals surface area contributed by atoms with Gasteiger partial charge in [-0.15, -0.1) is 0 Å². The Kier molecular flexibility index (Phi) is 5.57. The van der Waals surface area contributed by atoms with E-state index < -0.39 is 7.81 Å². The molecule has 0 bridgehead atoms. The topological polar surface area (TPSA) is 6.25 Å². The minimum absolute atomic E-state index is 0.957. The van der Waals surface area contributed by atoms with E-state index >= 15 is 0 Å². The van der Waals surface area contributed by atoms with Gasteiger partial charge in [-0.1, -0.05) is 13.8 Å². The Hall–Kier alpha value is -0.230. The summed E-state index contributed by atoms with van der Waals surface area (Å²) in [6, 6.07) is 0. The summed E-state index contributed by atoms with van der Waals surface area (Å²) in [4.78, 5) is 2.26. The van der Waals surface area contributed by atoms with Crippen molar-refractivity contribution in [1.29, 1.82) is 0 Å². The Balaban J connectivity index is 0.000000399. The van der Waals surface area contributed by atoms with E-state index in [1.807, 2.05) is 0 Å². The van der Waals surface area contributed by atoms with Crippen LogP contribution in [0.25, 0.3) is 0 Å². The summed E-state index contributed by atoms with van der Waals surface area (Å²) in [6.45, 7) is 8.77. The molecule has 1 aliphatic heterocycles. The van der Waals surface area contributed by atoms with Gasteiger partial charge in [0.2, 0.25) is 0 Å². The van der Waals surface area contributed by atoms with Gasteiger partial charge >= 0.3 is 38.3 Å². The molecule has 118 valence electrons. The summed E-state index contributed by atoms with van der Waals surface area (Å²) >= 11 is 6.17. The molecule has 0 aromatic heterocycles. The fourth-order valence-electron chi connectivity index (χ4n) is 1.57. The van der Waals surface area contributed by atoms with Crippen LogP contribution in [0, 0.1) is 0 Å². The summed E-state index contributed by atoms with van der Waals surface area (Å²) in [6.07, 6.45) is 2.35. The third-order valence-electron chi connectivity index (χ3n) is 2.15. The number of halogens is 7. The zero-order chi connectivity index (χ0) is 15.4. The molecule has 0 radical (unpaired) electrons. The zero-order valence-corrected chi connectivity index (χ0v) is 12.4. The van der Waals surface area contributed by atoms with E-state index in [0.717, 1.165) is 31.5 Å². The zero-order valence-electron chi connectivity index (χ0n) is 10.7. The third-order valence-corrected chi connectivity index (χ3v) is 2.63. The van der Waals surface area contributed by atoms with Crippen molar-refractivity contribution >= 4 is 24.7 Å². The third kappa shape index (κ3) is 12.5. The van der Waals surface area contributed by atoms with Crippen LogP contribution in [0.15, 0.2) is 0 Å². The average molecular weight is 335 g/mol. The minimum atomic E-state index is -10.7. The Morgan fingerprint density at radius 2 is 1.58 bits per heavy atom. The molecule has 0 saturated heterocycles. The molecule has 0 atom stereocenters. The molecule has 1 heterocycles. The van der Waals surface area contributed by atoms with E-state index in [-0.39, 0.29) is 0 Å². The predicted molar refractivity (Wildman–Crippen MR) is 66.6 cm³/mol. The molecule has 2 nitrogen and oxygen atoms in total. The van der Waals surface area contributed by atoms with Crippen LogP contribution in [0.2, 0.25) is 0 Å². The van der Waals surface area contributed by atoms with Crippen molar-refractivity contribution in [2.45, 2.75) is 26.7 Å². The van der Waals surface area contributed by atoms with Crippen LogP contribution in [-0.2, 0) is 0 Å². The average Bonchev–Trinajstić information content (AvgIpc) is 2.46. The fourth-order valence-corrected chi connectivity index (χ4v) is 1.91. The second-order valence-electron chi connectivity index (χ2n) is 4.20. The normalized spacial score (nSPS) is 19.7. The van der Waals surface area contributed by atoms with Gasteiger partial charge in [0.05, 0.1) is 13.1 Å². The molecule has 0 aliphatic carbocycles. The maximum atomic E-state index is 9.87. The summed E-state index contributed by atoms with van der Waals surface area (Å²) in [5.74, 6) is 0. The van der Waals surface area contributed by atoms with Crippen LogP contribution < -0.4 is 0 Å². The first kappa shape index (κ1) is 18.8. The molecule has 1 aliphatic rings. The SMILES string of the molecule is CCCN1CC[N+](CCC)=C1Cl.F[P-](F)(F)(F)(F)F. The standard InChI is InChI=1S/C9H18ClN2.F6P/c1-3-5-11-7-8-12(6-4-2)9(11)10;1-7(2,3,4,5)6/h3-8H2,1-2H3;/q+1;-1. The molecule has 0 aromatic carbocycles. The van der Waals surface area contributed by atoms with Crippen LogP contribution in [0.4, 0.5) is 25.2 Å². The van der Waals surface area contributed by atoms with E-state index in [9.17, 15) is 25.2 Å². The van der Waals surface area contributed by atoms with Gasteiger partial charge in [0, 0.05) is 11.6 Å². The van der Waals surface area contributed by atoms with Crippen molar-refractivity contribution < 1.29 is 29.8 Å². The van der Waals surface area contributed by atoms with E-state index in [1.165, 1.54) is 12.8 Å². The predicted octanol–water partition coefficient (Wildman–Crippen LogP) is 5.11. The fraction of sp³-hybridized carbons (Fsp3) is 0.889. The van der Waals surface area contributed by atoms with Gasteiger partial charge in [-0.3, -0.25) is 0 Å². The van der Waals surface area contributed by atoms with Gasteiger partial charge < -0.3 is 0 Å². The molecule has 0 aromatic rings. The van der Waals surface area contributed by atoms with E-state index in [0.29, 0.717) is 0 Å². The molecule has 0 spiro atoms. The van der Waals surface area contributed by atoms with Crippen LogP contribution in [0.5, 0.6) is 0 Å². The van der Waals surface area contributed by atoms with Gasteiger partial charge in [-0.2, -0.15) is 0 Å². The molecule has 0 N–H and O–H groups in total. The summed E-state index contributed by atoms with van der Waals surface area (Å²) in [5, 5.41) is 0.957. The number of hydrogen-bond donors (Lipinski definition) is 0. The van der Waals surface area contributed by atoms with Crippen LogP contribution in [-0.4, -0.2) is 40.9 Å². The summed E-state index contributed by atoms with van der Waals surface area (Å²) in [7, 11) is -10.7. The molecule has 1 rings (SSSR count). The Bertz CT molecular complexity index is 327. The van der Waals surface area contributed by atoms with Gasteiger partial charge in [0.1, 0.15) is 13.1 Å². The first-order chi connectivity index (χ1) is 8.24. The van der Waals surface area contributed by atoms with Crippen molar-refractivity contribution in [1.82, 2.24) is 4.90 Å². The number of rotatable bonds is 4. The van der Waals surface area contributed by atoms with Crippen molar-refractivity contribution in [3.8, 4) is 0 Å². The summed E-state index contributed by atoms with van der Waals surface area (Å²) < 4.78 is 61.5.